The fraction of sp³-hybridized carbons (Fsp3) is 0.154. The van der Waals surface area contributed by atoms with Gasteiger partial charge < -0.3 is 14.2 Å². The Morgan fingerprint density at radius 3 is 2.76 bits per heavy atom. The molecular weight excluding hydrogens is 436 g/mol. The fourth-order valence-electron chi connectivity index (χ4n) is 3.65. The second-order valence-corrected chi connectivity index (χ2v) is 8.71. The van der Waals surface area contributed by atoms with Gasteiger partial charge in [0.15, 0.2) is 16.7 Å². The average molecular weight is 459 g/mol. The van der Waals surface area contributed by atoms with Crippen molar-refractivity contribution < 1.29 is 19.0 Å². The number of hydrogen-bond donors (Lipinski definition) is 0. The number of amidine groups is 1. The Kier molecular flexibility index (Phi) is 5.79. The van der Waals surface area contributed by atoms with E-state index in [2.05, 4.69) is 0 Å². The van der Waals surface area contributed by atoms with E-state index < -0.39 is 0 Å². The molecule has 1 amide bonds. The number of thioether (sulfide) groups is 1. The van der Waals surface area contributed by atoms with E-state index in [9.17, 15) is 4.79 Å². The first kappa shape index (κ1) is 21.2. The monoisotopic (exact) mass is 458 g/mol. The number of nitrogens with zero attached hydrogens (tertiary/aromatic N) is 2. The minimum Gasteiger partial charge on any atom is -0.497 e. The Bertz CT molecular complexity index is 1280. The smallest absolute Gasteiger partial charge is 0.267 e. The van der Waals surface area contributed by atoms with Crippen LogP contribution in [0.15, 0.2) is 76.6 Å². The van der Waals surface area contributed by atoms with Gasteiger partial charge in [0.05, 0.1) is 24.2 Å². The minimum atomic E-state index is -0.0908. The lowest BCUT2D eigenvalue weighted by atomic mass is 10.1. The summed E-state index contributed by atoms with van der Waals surface area (Å²) in [7, 11) is 1.63. The Balaban J connectivity index is 1.50. The molecule has 0 spiro atoms. The van der Waals surface area contributed by atoms with Crippen LogP contribution in [0.25, 0.3) is 6.08 Å². The van der Waals surface area contributed by atoms with Crippen LogP contribution < -0.4 is 14.2 Å². The number of carbonyl (C=O) groups is 1. The first-order valence-corrected chi connectivity index (χ1v) is 11.3. The van der Waals surface area contributed by atoms with Gasteiger partial charge in [-0.15, -0.1) is 0 Å². The lowest BCUT2D eigenvalue weighted by Crippen LogP contribution is -2.28. The highest BCUT2D eigenvalue weighted by atomic mass is 32.2. The number of aryl methyl sites for hydroxylation is 1. The first-order valence-electron chi connectivity index (χ1n) is 10.5. The van der Waals surface area contributed by atoms with E-state index in [1.54, 1.807) is 12.0 Å². The number of ether oxygens (including phenoxy) is 3. The lowest BCUT2D eigenvalue weighted by Gasteiger charge is -2.16. The van der Waals surface area contributed by atoms with Crippen molar-refractivity contribution in [1.82, 2.24) is 4.90 Å². The first-order chi connectivity index (χ1) is 16.1. The number of hydrogen-bond acceptors (Lipinski definition) is 6. The van der Waals surface area contributed by atoms with Crippen molar-refractivity contribution in [3.05, 3.63) is 88.3 Å². The molecule has 0 aromatic heterocycles. The van der Waals surface area contributed by atoms with Gasteiger partial charge in [-0.1, -0.05) is 30.3 Å². The molecular formula is C26H22N2O4S. The summed E-state index contributed by atoms with van der Waals surface area (Å²) >= 11 is 1.37. The van der Waals surface area contributed by atoms with E-state index in [0.29, 0.717) is 28.1 Å². The van der Waals surface area contributed by atoms with Gasteiger partial charge in [-0.25, -0.2) is 4.99 Å². The number of carbonyl (C=O) groups excluding carboxylic acids is 1. The number of amides is 1. The molecule has 1 fully saturated rings. The Morgan fingerprint density at radius 1 is 1.06 bits per heavy atom. The Morgan fingerprint density at radius 2 is 1.91 bits per heavy atom. The summed E-state index contributed by atoms with van der Waals surface area (Å²) in [5, 5.41) is 0.639. The molecule has 2 heterocycles. The zero-order chi connectivity index (χ0) is 22.8. The third-order valence-corrected chi connectivity index (χ3v) is 6.29. The molecule has 1 saturated heterocycles. The van der Waals surface area contributed by atoms with Gasteiger partial charge in [-0.05, 0) is 77.9 Å². The van der Waals surface area contributed by atoms with Crippen LogP contribution in [0, 0.1) is 6.92 Å². The molecule has 0 radical (unpaired) electrons. The second-order valence-electron chi connectivity index (χ2n) is 7.70. The number of benzene rings is 3. The molecule has 0 unspecified atom stereocenters. The normalized spacial score (nSPS) is 17.3. The summed E-state index contributed by atoms with van der Waals surface area (Å²) in [5.41, 5.74) is 3.75. The van der Waals surface area contributed by atoms with Crippen LogP contribution in [0.3, 0.4) is 0 Å². The van der Waals surface area contributed by atoms with Crippen molar-refractivity contribution in [1.29, 1.82) is 0 Å². The molecule has 0 N–H and O–H groups in total. The SMILES string of the molecule is COc1cccc(CN2C(=O)/C(=C/c3ccc4c(c3)OCO4)SC2=Nc2cccc(C)c2)c1. The molecule has 0 saturated carbocycles. The van der Waals surface area contributed by atoms with Crippen LogP contribution in [0.2, 0.25) is 0 Å². The van der Waals surface area contributed by atoms with E-state index in [1.165, 1.54) is 11.8 Å². The van der Waals surface area contributed by atoms with Gasteiger partial charge >= 0.3 is 0 Å². The zero-order valence-electron chi connectivity index (χ0n) is 18.3. The van der Waals surface area contributed by atoms with Crippen molar-refractivity contribution >= 4 is 34.6 Å². The molecule has 3 aromatic rings. The van der Waals surface area contributed by atoms with Gasteiger partial charge in [0.1, 0.15) is 5.75 Å². The maximum Gasteiger partial charge on any atom is 0.267 e. The molecule has 0 aliphatic carbocycles. The van der Waals surface area contributed by atoms with E-state index in [0.717, 1.165) is 28.1 Å². The van der Waals surface area contributed by atoms with E-state index in [1.807, 2.05) is 79.7 Å². The minimum absolute atomic E-state index is 0.0908. The van der Waals surface area contributed by atoms with Crippen LogP contribution in [0.1, 0.15) is 16.7 Å². The number of fused-ring (bicyclic) bond motifs is 1. The van der Waals surface area contributed by atoms with Gasteiger partial charge in [0, 0.05) is 0 Å². The number of rotatable bonds is 5. The van der Waals surface area contributed by atoms with Crippen LogP contribution in [0.4, 0.5) is 5.69 Å². The molecule has 3 aromatic carbocycles. The maximum atomic E-state index is 13.4. The second kappa shape index (κ2) is 9.03. The summed E-state index contributed by atoms with van der Waals surface area (Å²) in [4.78, 5) is 20.6. The highest BCUT2D eigenvalue weighted by Crippen LogP contribution is 2.38. The number of aliphatic imine (C=N–C) groups is 1. The van der Waals surface area contributed by atoms with Crippen LogP contribution in [0.5, 0.6) is 17.2 Å². The van der Waals surface area contributed by atoms with Gasteiger partial charge in [-0.3, -0.25) is 9.69 Å². The predicted octanol–water partition coefficient (Wildman–Crippen LogP) is 5.54. The van der Waals surface area contributed by atoms with Crippen LogP contribution >= 0.6 is 11.8 Å². The molecule has 5 rings (SSSR count). The molecule has 6 nitrogen and oxygen atoms in total. The molecule has 2 aliphatic heterocycles. The summed E-state index contributed by atoms with van der Waals surface area (Å²) in [5.74, 6) is 2.05. The summed E-state index contributed by atoms with van der Waals surface area (Å²) < 4.78 is 16.2. The Hall–Kier alpha value is -3.71. The third-order valence-electron chi connectivity index (χ3n) is 5.28. The van der Waals surface area contributed by atoms with E-state index >= 15 is 0 Å². The highest BCUT2D eigenvalue weighted by molar-refractivity contribution is 8.18. The quantitative estimate of drug-likeness (QED) is 0.470. The van der Waals surface area contributed by atoms with Crippen molar-refractivity contribution in [3.63, 3.8) is 0 Å². The molecule has 0 bridgehead atoms. The van der Waals surface area contributed by atoms with Gasteiger partial charge in [0.25, 0.3) is 5.91 Å². The van der Waals surface area contributed by atoms with Crippen molar-refractivity contribution in [3.8, 4) is 17.2 Å². The molecule has 166 valence electrons. The molecule has 2 aliphatic rings. The topological polar surface area (TPSA) is 60.4 Å². The van der Waals surface area contributed by atoms with Crippen LogP contribution in [-0.4, -0.2) is 29.9 Å². The van der Waals surface area contributed by atoms with E-state index in [4.69, 9.17) is 19.2 Å². The summed E-state index contributed by atoms with van der Waals surface area (Å²) in [6.45, 7) is 2.63. The largest absolute Gasteiger partial charge is 0.497 e. The van der Waals surface area contributed by atoms with E-state index in [-0.39, 0.29) is 12.7 Å². The summed E-state index contributed by atoms with van der Waals surface area (Å²) in [6, 6.07) is 21.3. The van der Waals surface area contributed by atoms with Gasteiger partial charge in [0.2, 0.25) is 6.79 Å². The molecule has 0 atom stereocenters. The fourth-order valence-corrected chi connectivity index (χ4v) is 4.64. The van der Waals surface area contributed by atoms with Crippen molar-refractivity contribution in [2.45, 2.75) is 13.5 Å². The summed E-state index contributed by atoms with van der Waals surface area (Å²) in [6.07, 6.45) is 1.87. The van der Waals surface area contributed by atoms with Crippen LogP contribution in [-0.2, 0) is 11.3 Å². The van der Waals surface area contributed by atoms with Crippen molar-refractivity contribution in [2.75, 3.05) is 13.9 Å². The Labute approximate surface area is 196 Å². The predicted molar refractivity (Wildman–Crippen MR) is 130 cm³/mol. The van der Waals surface area contributed by atoms with Crippen molar-refractivity contribution in [2.24, 2.45) is 4.99 Å². The van der Waals surface area contributed by atoms with Gasteiger partial charge in [-0.2, -0.15) is 0 Å². The number of methoxy groups -OCH3 is 1. The highest BCUT2D eigenvalue weighted by Gasteiger charge is 2.33. The standard InChI is InChI=1S/C26H22N2O4S/c1-17-5-3-7-20(11-17)27-26-28(15-19-6-4-8-21(12-19)30-2)25(29)24(33-26)14-18-9-10-22-23(13-18)32-16-31-22/h3-14H,15-16H2,1-2H3/b24-14-,27-26?. The molecule has 33 heavy (non-hydrogen) atoms. The lowest BCUT2D eigenvalue weighted by molar-refractivity contribution is -0.122. The maximum absolute atomic E-state index is 13.4. The zero-order valence-corrected chi connectivity index (χ0v) is 19.1. The molecule has 7 heteroatoms. The average Bonchev–Trinajstić information content (AvgIpc) is 3.39. The third kappa shape index (κ3) is 4.59.